The minimum atomic E-state index is -0.693. The molecule has 1 fully saturated rings. The summed E-state index contributed by atoms with van der Waals surface area (Å²) in [5.74, 6) is -0.378. The third-order valence-electron chi connectivity index (χ3n) is 6.34. The molecule has 8 nitrogen and oxygen atoms in total. The van der Waals surface area contributed by atoms with Gasteiger partial charge in [0.2, 0.25) is 11.8 Å². The number of benzene rings is 1. The van der Waals surface area contributed by atoms with Crippen LogP contribution in [0.5, 0.6) is 0 Å². The molecule has 0 aliphatic carbocycles. The van der Waals surface area contributed by atoms with Gasteiger partial charge in [0.05, 0.1) is 11.4 Å². The number of carbonyl (C=O) groups excluding carboxylic acids is 3. The number of rotatable bonds is 10. The second kappa shape index (κ2) is 12.0. The zero-order valence-electron chi connectivity index (χ0n) is 20.0. The SMILES string of the molecule is CCCNC(=O)CN1CCC(NC(=O)C(Cc2c[nH]c3ccccc23)NC(=O)c2cccs2)CC1. The predicted molar refractivity (Wildman–Crippen MR) is 138 cm³/mol. The smallest absolute Gasteiger partial charge is 0.262 e. The molecule has 0 bridgehead atoms. The van der Waals surface area contributed by atoms with E-state index in [9.17, 15) is 14.4 Å². The molecule has 1 unspecified atom stereocenters. The highest BCUT2D eigenvalue weighted by Gasteiger charge is 2.28. The van der Waals surface area contributed by atoms with E-state index in [0.717, 1.165) is 48.8 Å². The van der Waals surface area contributed by atoms with Crippen LogP contribution in [-0.2, 0) is 16.0 Å². The maximum Gasteiger partial charge on any atom is 0.262 e. The number of nitrogens with zero attached hydrogens (tertiary/aromatic N) is 1. The number of hydrogen-bond acceptors (Lipinski definition) is 5. The second-order valence-corrected chi connectivity index (χ2v) is 9.92. The van der Waals surface area contributed by atoms with Crippen molar-refractivity contribution in [2.75, 3.05) is 26.2 Å². The molecule has 0 spiro atoms. The number of likely N-dealkylation sites (tertiary alicyclic amines) is 1. The Labute approximate surface area is 209 Å². The molecule has 1 atom stereocenters. The van der Waals surface area contributed by atoms with E-state index in [1.54, 1.807) is 6.07 Å². The number of amides is 3. The number of aromatic nitrogens is 1. The van der Waals surface area contributed by atoms with Crippen molar-refractivity contribution in [1.29, 1.82) is 0 Å². The number of nitrogens with one attached hydrogen (secondary N) is 4. The fraction of sp³-hybridized carbons (Fsp3) is 0.423. The highest BCUT2D eigenvalue weighted by atomic mass is 32.1. The quantitative estimate of drug-likeness (QED) is 0.347. The van der Waals surface area contributed by atoms with E-state index in [2.05, 4.69) is 25.8 Å². The largest absolute Gasteiger partial charge is 0.361 e. The van der Waals surface area contributed by atoms with Gasteiger partial charge in [0.1, 0.15) is 6.04 Å². The Morgan fingerprint density at radius 1 is 1.14 bits per heavy atom. The summed E-state index contributed by atoms with van der Waals surface area (Å²) in [5.41, 5.74) is 1.99. The van der Waals surface area contributed by atoms with Crippen molar-refractivity contribution >= 4 is 40.0 Å². The minimum absolute atomic E-state index is 0.0153. The van der Waals surface area contributed by atoms with Gasteiger partial charge in [0, 0.05) is 49.2 Å². The Morgan fingerprint density at radius 2 is 1.94 bits per heavy atom. The summed E-state index contributed by atoms with van der Waals surface area (Å²) >= 11 is 1.35. The van der Waals surface area contributed by atoms with E-state index >= 15 is 0 Å². The Balaban J connectivity index is 1.38. The van der Waals surface area contributed by atoms with E-state index in [1.807, 2.05) is 48.8 Å². The molecule has 4 rings (SSSR count). The Hall–Kier alpha value is -3.17. The van der Waals surface area contributed by atoms with Crippen LogP contribution in [0.3, 0.4) is 0 Å². The molecule has 4 N–H and O–H groups in total. The van der Waals surface area contributed by atoms with Gasteiger partial charge in [-0.3, -0.25) is 19.3 Å². The van der Waals surface area contributed by atoms with Gasteiger partial charge in [0.15, 0.2) is 0 Å². The molecule has 0 radical (unpaired) electrons. The molecule has 3 heterocycles. The molecule has 1 saturated heterocycles. The van der Waals surface area contributed by atoms with Crippen LogP contribution in [0.1, 0.15) is 41.4 Å². The van der Waals surface area contributed by atoms with Crippen LogP contribution in [0.15, 0.2) is 48.0 Å². The van der Waals surface area contributed by atoms with Crippen LogP contribution in [0.25, 0.3) is 10.9 Å². The third kappa shape index (κ3) is 6.70. The monoisotopic (exact) mass is 495 g/mol. The second-order valence-electron chi connectivity index (χ2n) is 8.98. The van der Waals surface area contributed by atoms with Crippen molar-refractivity contribution in [3.8, 4) is 0 Å². The summed E-state index contributed by atoms with van der Waals surface area (Å²) in [6.07, 6.45) is 4.76. The normalized spacial score (nSPS) is 15.6. The number of carbonyl (C=O) groups is 3. The number of fused-ring (bicyclic) bond motifs is 1. The first-order valence-corrected chi connectivity index (χ1v) is 13.1. The number of aromatic amines is 1. The van der Waals surface area contributed by atoms with E-state index in [4.69, 9.17) is 0 Å². The van der Waals surface area contributed by atoms with E-state index in [1.165, 1.54) is 11.3 Å². The predicted octanol–water partition coefficient (Wildman–Crippen LogP) is 2.68. The van der Waals surface area contributed by atoms with E-state index in [-0.39, 0.29) is 23.8 Å². The van der Waals surface area contributed by atoms with Crippen molar-refractivity contribution in [3.05, 3.63) is 58.4 Å². The van der Waals surface area contributed by atoms with Gasteiger partial charge in [-0.25, -0.2) is 0 Å². The molecule has 3 aromatic rings. The van der Waals surface area contributed by atoms with Crippen LogP contribution in [0.4, 0.5) is 0 Å². The van der Waals surface area contributed by atoms with Crippen molar-refractivity contribution < 1.29 is 14.4 Å². The molecule has 3 amide bonds. The molecular formula is C26H33N5O3S. The standard InChI is InChI=1S/C26H33N5O3S/c1-2-11-27-24(32)17-31-12-9-19(10-13-31)29-25(33)22(30-26(34)23-8-5-14-35-23)15-18-16-28-21-7-4-3-6-20(18)21/h3-8,14,16,19,22,28H,2,9-13,15,17H2,1H3,(H,27,32)(H,29,33)(H,30,34). The summed E-state index contributed by atoms with van der Waals surface area (Å²) in [7, 11) is 0. The van der Waals surface area contributed by atoms with Crippen LogP contribution in [0.2, 0.25) is 0 Å². The first-order chi connectivity index (χ1) is 17.0. The zero-order valence-corrected chi connectivity index (χ0v) is 20.8. The van der Waals surface area contributed by atoms with Crippen LogP contribution in [-0.4, -0.2) is 65.9 Å². The van der Waals surface area contributed by atoms with Gasteiger partial charge in [-0.1, -0.05) is 31.2 Å². The molecule has 1 aliphatic heterocycles. The first-order valence-electron chi connectivity index (χ1n) is 12.2. The number of thiophene rings is 1. The van der Waals surface area contributed by atoms with Crippen molar-refractivity contribution in [2.45, 2.75) is 44.7 Å². The molecule has 0 saturated carbocycles. The Bertz CT molecular complexity index is 1140. The number of piperidine rings is 1. The zero-order chi connectivity index (χ0) is 24.6. The van der Waals surface area contributed by atoms with Crippen molar-refractivity contribution in [1.82, 2.24) is 25.8 Å². The lowest BCUT2D eigenvalue weighted by atomic mass is 10.0. The average molecular weight is 496 g/mol. The maximum absolute atomic E-state index is 13.3. The summed E-state index contributed by atoms with van der Waals surface area (Å²) in [6, 6.07) is 10.8. The number of para-hydroxylation sites is 1. The topological polar surface area (TPSA) is 106 Å². The minimum Gasteiger partial charge on any atom is -0.361 e. The molecule has 1 aromatic carbocycles. The highest BCUT2D eigenvalue weighted by Crippen LogP contribution is 2.20. The fourth-order valence-corrected chi connectivity index (χ4v) is 5.05. The van der Waals surface area contributed by atoms with Gasteiger partial charge < -0.3 is 20.9 Å². The lowest BCUT2D eigenvalue weighted by molar-refractivity contribution is -0.125. The highest BCUT2D eigenvalue weighted by molar-refractivity contribution is 7.12. The van der Waals surface area contributed by atoms with Crippen LogP contribution < -0.4 is 16.0 Å². The Morgan fingerprint density at radius 3 is 2.69 bits per heavy atom. The molecule has 186 valence electrons. The number of H-pyrrole nitrogens is 1. The van der Waals surface area contributed by atoms with Crippen molar-refractivity contribution in [3.63, 3.8) is 0 Å². The van der Waals surface area contributed by atoms with Gasteiger partial charge in [-0.2, -0.15) is 0 Å². The van der Waals surface area contributed by atoms with Crippen LogP contribution in [0, 0.1) is 0 Å². The maximum atomic E-state index is 13.3. The van der Waals surface area contributed by atoms with Crippen LogP contribution >= 0.6 is 11.3 Å². The van der Waals surface area contributed by atoms with Gasteiger partial charge in [-0.05, 0) is 42.3 Å². The summed E-state index contributed by atoms with van der Waals surface area (Å²) in [4.78, 5) is 44.1. The van der Waals surface area contributed by atoms with Crippen molar-refractivity contribution in [2.24, 2.45) is 0 Å². The average Bonchev–Trinajstić information content (AvgIpc) is 3.54. The lowest BCUT2D eigenvalue weighted by Gasteiger charge is -2.32. The summed E-state index contributed by atoms with van der Waals surface area (Å²) in [6.45, 7) is 4.61. The van der Waals surface area contributed by atoms with Gasteiger partial charge in [0.25, 0.3) is 5.91 Å². The Kier molecular flexibility index (Phi) is 8.54. The molecule has 9 heteroatoms. The molecule has 35 heavy (non-hydrogen) atoms. The fourth-order valence-electron chi connectivity index (χ4n) is 4.43. The number of hydrogen-bond donors (Lipinski definition) is 4. The first kappa shape index (κ1) is 24.9. The molecule has 1 aliphatic rings. The van der Waals surface area contributed by atoms with Gasteiger partial charge in [-0.15, -0.1) is 11.3 Å². The summed E-state index contributed by atoms with van der Waals surface area (Å²) < 4.78 is 0. The lowest BCUT2D eigenvalue weighted by Crippen LogP contribution is -2.53. The molecular weight excluding hydrogens is 462 g/mol. The van der Waals surface area contributed by atoms with E-state index in [0.29, 0.717) is 24.4 Å². The third-order valence-corrected chi connectivity index (χ3v) is 7.21. The van der Waals surface area contributed by atoms with Gasteiger partial charge >= 0.3 is 0 Å². The summed E-state index contributed by atoms with van der Waals surface area (Å²) in [5, 5.41) is 11.9. The van der Waals surface area contributed by atoms with E-state index < -0.39 is 6.04 Å². The molecule has 2 aromatic heterocycles.